The second-order valence-corrected chi connectivity index (χ2v) is 6.37. The van der Waals surface area contributed by atoms with Crippen LogP contribution < -0.4 is 0 Å². The van der Waals surface area contributed by atoms with Gasteiger partial charge in [0.1, 0.15) is 6.10 Å². The summed E-state index contributed by atoms with van der Waals surface area (Å²) in [5.41, 5.74) is 0.202. The molecular formula is C12H26O5Si. The van der Waals surface area contributed by atoms with E-state index < -0.39 is 5.97 Å². The summed E-state index contributed by atoms with van der Waals surface area (Å²) in [6.07, 6.45) is 2.98. The molecule has 0 saturated carbocycles. The van der Waals surface area contributed by atoms with Gasteiger partial charge >= 0.3 is 0 Å². The van der Waals surface area contributed by atoms with Crippen molar-refractivity contribution in [2.24, 2.45) is 0 Å². The number of ether oxygens (including phenoxy) is 5. The summed E-state index contributed by atoms with van der Waals surface area (Å²) in [4.78, 5) is 0. The zero-order valence-electron chi connectivity index (χ0n) is 11.9. The third-order valence-corrected chi connectivity index (χ3v) is 3.00. The van der Waals surface area contributed by atoms with E-state index in [0.717, 1.165) is 42.7 Å². The summed E-state index contributed by atoms with van der Waals surface area (Å²) in [5, 5.41) is 0. The molecule has 0 aromatic rings. The smallest absolute Gasteiger partial charge is 0.282 e. The fourth-order valence-electron chi connectivity index (χ4n) is 1.73. The Morgan fingerprint density at radius 1 is 1.33 bits per heavy atom. The molecule has 0 aromatic heterocycles. The van der Waals surface area contributed by atoms with E-state index in [-0.39, 0.29) is 5.73 Å². The third-order valence-electron chi connectivity index (χ3n) is 2.77. The summed E-state index contributed by atoms with van der Waals surface area (Å²) >= 11 is 0. The van der Waals surface area contributed by atoms with Crippen molar-refractivity contribution < 1.29 is 23.7 Å². The van der Waals surface area contributed by atoms with E-state index >= 15 is 0 Å². The molecule has 1 aliphatic rings. The fourth-order valence-corrected chi connectivity index (χ4v) is 2.09. The quantitative estimate of drug-likeness (QED) is 0.235. The van der Waals surface area contributed by atoms with Crippen molar-refractivity contribution in [3.63, 3.8) is 0 Å². The molecule has 2 unspecified atom stereocenters. The Balaban J connectivity index is 2.11. The molecule has 0 spiro atoms. The Hall–Kier alpha value is 0.0169. The monoisotopic (exact) mass is 278 g/mol. The van der Waals surface area contributed by atoms with Crippen LogP contribution in [0.3, 0.4) is 0 Å². The van der Waals surface area contributed by atoms with Gasteiger partial charge in [0.15, 0.2) is 0 Å². The number of epoxide rings is 1. The van der Waals surface area contributed by atoms with Gasteiger partial charge < -0.3 is 23.7 Å². The van der Waals surface area contributed by atoms with Crippen LogP contribution in [0.25, 0.3) is 0 Å². The minimum atomic E-state index is -0.888. The molecule has 0 aromatic carbocycles. The number of hydrogen-bond donors (Lipinski definition) is 0. The largest absolute Gasteiger partial charge is 0.379 e. The highest BCUT2D eigenvalue weighted by Gasteiger charge is 2.31. The van der Waals surface area contributed by atoms with Crippen LogP contribution in [0.15, 0.2) is 0 Å². The van der Waals surface area contributed by atoms with Gasteiger partial charge in [-0.3, -0.25) is 0 Å². The molecule has 0 N–H and O–H groups in total. The van der Waals surface area contributed by atoms with Gasteiger partial charge in [-0.05, 0) is 19.8 Å². The topological polar surface area (TPSA) is 49.5 Å². The van der Waals surface area contributed by atoms with Gasteiger partial charge in [0.2, 0.25) is 0 Å². The maximum atomic E-state index is 5.75. The molecule has 0 amide bonds. The lowest BCUT2D eigenvalue weighted by molar-refractivity contribution is -0.369. The van der Waals surface area contributed by atoms with Crippen molar-refractivity contribution in [2.75, 3.05) is 34.0 Å². The van der Waals surface area contributed by atoms with Crippen LogP contribution in [0.4, 0.5) is 0 Å². The molecule has 18 heavy (non-hydrogen) atoms. The first kappa shape index (κ1) is 16.1. The zero-order chi connectivity index (χ0) is 13.4. The maximum absolute atomic E-state index is 5.75. The highest BCUT2D eigenvalue weighted by atomic mass is 28.1. The highest BCUT2D eigenvalue weighted by molar-refractivity contribution is 6.10. The van der Waals surface area contributed by atoms with E-state index in [1.165, 1.54) is 0 Å². The Bertz CT molecular complexity index is 217. The van der Waals surface area contributed by atoms with Crippen LogP contribution in [0.5, 0.6) is 0 Å². The van der Waals surface area contributed by atoms with Gasteiger partial charge in [0.05, 0.1) is 13.2 Å². The Morgan fingerprint density at radius 3 is 2.50 bits per heavy atom. The van der Waals surface area contributed by atoms with Crippen molar-refractivity contribution in [1.29, 1.82) is 0 Å². The van der Waals surface area contributed by atoms with Crippen molar-refractivity contribution in [3.05, 3.63) is 0 Å². The second-order valence-electron chi connectivity index (χ2n) is 4.75. The van der Waals surface area contributed by atoms with E-state index in [1.54, 1.807) is 14.2 Å². The SMILES string of the molecule is COC(CCCCOCC1CO1)(OC)OC(C)[SiH3]. The van der Waals surface area contributed by atoms with Crippen LogP contribution in [0.1, 0.15) is 26.2 Å². The summed E-state index contributed by atoms with van der Waals surface area (Å²) in [7, 11) is 4.19. The fraction of sp³-hybridized carbons (Fsp3) is 1.00. The van der Waals surface area contributed by atoms with E-state index in [2.05, 4.69) is 0 Å². The average Bonchev–Trinajstić information content (AvgIpc) is 3.15. The van der Waals surface area contributed by atoms with Gasteiger partial charge in [0.25, 0.3) is 5.97 Å². The van der Waals surface area contributed by atoms with E-state index in [9.17, 15) is 0 Å². The molecule has 5 nitrogen and oxygen atoms in total. The Labute approximate surface area is 112 Å². The molecule has 0 aliphatic carbocycles. The Kier molecular flexibility index (Phi) is 7.36. The standard InChI is InChI=1S/C12H26O5Si/c1-10(18)17-12(13-2,14-3)6-4-5-7-15-8-11-9-16-11/h10-11H,4-9H2,1-3,18H3. The Morgan fingerprint density at radius 2 is 2.00 bits per heavy atom. The van der Waals surface area contributed by atoms with Crippen LogP contribution in [0, 0.1) is 0 Å². The van der Waals surface area contributed by atoms with Gasteiger partial charge in [-0.25, -0.2) is 0 Å². The van der Waals surface area contributed by atoms with E-state index in [0.29, 0.717) is 12.7 Å². The molecule has 108 valence electrons. The molecule has 1 aliphatic heterocycles. The van der Waals surface area contributed by atoms with Gasteiger partial charge in [-0.2, -0.15) is 0 Å². The first-order valence-electron chi connectivity index (χ1n) is 6.59. The van der Waals surface area contributed by atoms with Crippen LogP contribution in [0.2, 0.25) is 0 Å². The van der Waals surface area contributed by atoms with Crippen molar-refractivity contribution in [3.8, 4) is 0 Å². The predicted octanol–water partition coefficient (Wildman–Crippen LogP) is 0.247. The van der Waals surface area contributed by atoms with Gasteiger partial charge in [-0.15, -0.1) is 0 Å². The van der Waals surface area contributed by atoms with Crippen molar-refractivity contribution >= 4 is 10.2 Å². The summed E-state index contributed by atoms with van der Waals surface area (Å²) in [6.45, 7) is 4.34. The molecule has 1 rings (SSSR count). The van der Waals surface area contributed by atoms with Gasteiger partial charge in [0, 0.05) is 43.2 Å². The lowest BCUT2D eigenvalue weighted by Crippen LogP contribution is -2.40. The zero-order valence-corrected chi connectivity index (χ0v) is 13.9. The third kappa shape index (κ3) is 6.26. The normalized spacial score (nSPS) is 21.2. The number of methoxy groups -OCH3 is 2. The molecule has 0 radical (unpaired) electrons. The molecule has 2 atom stereocenters. The molecule has 6 heteroatoms. The number of rotatable bonds is 11. The lowest BCUT2D eigenvalue weighted by atomic mass is 10.2. The molecule has 0 bridgehead atoms. The lowest BCUT2D eigenvalue weighted by Gasteiger charge is -2.32. The molecular weight excluding hydrogens is 252 g/mol. The first-order chi connectivity index (χ1) is 8.62. The highest BCUT2D eigenvalue weighted by Crippen LogP contribution is 2.22. The average molecular weight is 278 g/mol. The van der Waals surface area contributed by atoms with Crippen molar-refractivity contribution in [2.45, 2.75) is 44.0 Å². The minimum absolute atomic E-state index is 0.202. The molecule has 1 fully saturated rings. The summed E-state index contributed by atoms with van der Waals surface area (Å²) < 4.78 is 27.0. The maximum Gasteiger partial charge on any atom is 0.282 e. The minimum Gasteiger partial charge on any atom is -0.379 e. The summed E-state index contributed by atoms with van der Waals surface area (Å²) in [5.74, 6) is -0.888. The number of hydrogen-bond acceptors (Lipinski definition) is 5. The second kappa shape index (κ2) is 8.24. The van der Waals surface area contributed by atoms with Crippen LogP contribution >= 0.6 is 0 Å². The number of unbranched alkanes of at least 4 members (excludes halogenated alkanes) is 1. The molecule has 1 saturated heterocycles. The summed E-state index contributed by atoms with van der Waals surface area (Å²) in [6, 6.07) is 0. The molecule has 1 heterocycles. The first-order valence-corrected chi connectivity index (χ1v) is 7.75. The van der Waals surface area contributed by atoms with E-state index in [1.807, 2.05) is 6.92 Å². The van der Waals surface area contributed by atoms with E-state index in [4.69, 9.17) is 23.7 Å². The van der Waals surface area contributed by atoms with Crippen LogP contribution in [-0.4, -0.2) is 62.1 Å². The van der Waals surface area contributed by atoms with Gasteiger partial charge in [-0.1, -0.05) is 0 Å². The van der Waals surface area contributed by atoms with Crippen LogP contribution in [-0.2, 0) is 23.7 Å². The van der Waals surface area contributed by atoms with Crippen molar-refractivity contribution in [1.82, 2.24) is 0 Å². The predicted molar refractivity (Wildman–Crippen MR) is 71.6 cm³/mol.